The zero-order chi connectivity index (χ0) is 16.2. The second kappa shape index (κ2) is 6.70. The predicted octanol–water partition coefficient (Wildman–Crippen LogP) is 0.438. The number of aliphatic hydroxyl groups excluding tert-OH is 1. The fourth-order valence-electron chi connectivity index (χ4n) is 1.39. The molecule has 0 heterocycles. The van der Waals surface area contributed by atoms with Crippen LogP contribution in [0.5, 0.6) is 0 Å². The smallest absolute Gasteiger partial charge is 0.332 e. The molecule has 8 nitrogen and oxygen atoms in total. The molecule has 0 bridgehead atoms. The normalized spacial score (nSPS) is 11.8. The van der Waals surface area contributed by atoms with E-state index in [0.29, 0.717) is 6.07 Å². The Kier molecular flexibility index (Phi) is 5.24. The van der Waals surface area contributed by atoms with E-state index in [1.54, 1.807) is 0 Å². The van der Waals surface area contributed by atoms with E-state index in [4.69, 9.17) is 10.2 Å². The maximum atomic E-state index is 13.5. The van der Waals surface area contributed by atoms with Gasteiger partial charge in [0.15, 0.2) is 6.10 Å². The number of nitro groups is 1. The summed E-state index contributed by atoms with van der Waals surface area (Å²) in [6.45, 7) is -0.301. The molecule has 3 N–H and O–H groups in total. The van der Waals surface area contributed by atoms with E-state index in [0.717, 1.165) is 0 Å². The number of hydrogen-bond acceptors (Lipinski definition) is 5. The topological polar surface area (TPSA) is 130 Å². The van der Waals surface area contributed by atoms with Gasteiger partial charge < -0.3 is 15.5 Å². The van der Waals surface area contributed by atoms with Crippen LogP contribution in [0.25, 0.3) is 0 Å². The van der Waals surface area contributed by atoms with Crippen molar-refractivity contribution in [2.75, 3.05) is 6.54 Å². The minimum absolute atomic E-state index is 0.274. The number of amides is 1. The van der Waals surface area contributed by atoms with Gasteiger partial charge in [-0.2, -0.15) is 4.39 Å². The minimum Gasteiger partial charge on any atom is -0.479 e. The van der Waals surface area contributed by atoms with Gasteiger partial charge in [-0.05, 0) is 6.07 Å². The standard InChI is InChI=1S/C11H10F2N2O6/c12-6-4-8(15(20)21)7(13)3-5(6)10(17)14-2-1-9(16)11(18)19/h3-4,9,16H,1-2H2,(H,14,17)(H,18,19)/t9-/m0/s1. The number of nitrogens with zero attached hydrogens (tertiary/aromatic N) is 1. The quantitative estimate of drug-likeness (QED) is 0.516. The van der Waals surface area contributed by atoms with Crippen LogP contribution in [0.3, 0.4) is 0 Å². The predicted molar refractivity (Wildman–Crippen MR) is 63.6 cm³/mol. The van der Waals surface area contributed by atoms with Gasteiger partial charge in [0, 0.05) is 13.0 Å². The fourth-order valence-corrected chi connectivity index (χ4v) is 1.39. The molecule has 1 rings (SSSR count). The number of nitrogens with one attached hydrogen (secondary N) is 1. The molecule has 1 aromatic rings. The third-order valence-corrected chi connectivity index (χ3v) is 2.47. The molecule has 114 valence electrons. The molecule has 0 aliphatic carbocycles. The van der Waals surface area contributed by atoms with Crippen LogP contribution < -0.4 is 5.32 Å². The van der Waals surface area contributed by atoms with Crippen molar-refractivity contribution in [2.45, 2.75) is 12.5 Å². The molecule has 0 unspecified atom stereocenters. The number of aliphatic hydroxyl groups is 1. The summed E-state index contributed by atoms with van der Waals surface area (Å²) in [6.07, 6.45) is -2.04. The summed E-state index contributed by atoms with van der Waals surface area (Å²) >= 11 is 0. The second-order valence-corrected chi connectivity index (χ2v) is 3.94. The van der Waals surface area contributed by atoms with Gasteiger partial charge in [-0.3, -0.25) is 14.9 Å². The van der Waals surface area contributed by atoms with Crippen molar-refractivity contribution >= 4 is 17.6 Å². The van der Waals surface area contributed by atoms with E-state index in [2.05, 4.69) is 5.32 Å². The largest absolute Gasteiger partial charge is 0.479 e. The molecule has 0 aliphatic heterocycles. The first kappa shape index (κ1) is 16.4. The molecule has 1 aromatic carbocycles. The van der Waals surface area contributed by atoms with Crippen molar-refractivity contribution < 1.29 is 33.5 Å². The van der Waals surface area contributed by atoms with Crippen molar-refractivity contribution in [2.24, 2.45) is 0 Å². The van der Waals surface area contributed by atoms with E-state index < -0.39 is 45.8 Å². The zero-order valence-electron chi connectivity index (χ0n) is 10.4. The summed E-state index contributed by atoms with van der Waals surface area (Å²) in [6, 6.07) is 0.646. The Balaban J connectivity index is 2.77. The fraction of sp³-hybridized carbons (Fsp3) is 0.273. The highest BCUT2D eigenvalue weighted by Gasteiger charge is 2.22. The summed E-state index contributed by atoms with van der Waals surface area (Å²) in [7, 11) is 0. The molecule has 1 atom stereocenters. The van der Waals surface area contributed by atoms with Gasteiger partial charge >= 0.3 is 11.7 Å². The highest BCUT2D eigenvalue weighted by Crippen LogP contribution is 2.21. The Morgan fingerprint density at radius 3 is 2.48 bits per heavy atom. The first-order valence-corrected chi connectivity index (χ1v) is 5.56. The Labute approximate surface area is 116 Å². The van der Waals surface area contributed by atoms with E-state index in [1.807, 2.05) is 0 Å². The third-order valence-electron chi connectivity index (χ3n) is 2.47. The lowest BCUT2D eigenvalue weighted by Crippen LogP contribution is -2.30. The van der Waals surface area contributed by atoms with Gasteiger partial charge in [-0.25, -0.2) is 9.18 Å². The molecule has 0 saturated heterocycles. The van der Waals surface area contributed by atoms with Crippen LogP contribution in [-0.2, 0) is 4.79 Å². The average Bonchev–Trinajstić information content (AvgIpc) is 2.40. The Bertz CT molecular complexity index is 592. The van der Waals surface area contributed by atoms with Gasteiger partial charge in [0.2, 0.25) is 5.82 Å². The molecule has 0 saturated carbocycles. The number of nitro benzene ring substituents is 1. The summed E-state index contributed by atoms with van der Waals surface area (Å²) < 4.78 is 26.8. The SMILES string of the molecule is O=C(NCC[C@H](O)C(=O)O)c1cc(F)c([N+](=O)[O-])cc1F. The van der Waals surface area contributed by atoms with Crippen molar-refractivity contribution in [3.05, 3.63) is 39.4 Å². The minimum atomic E-state index is -1.70. The molecule has 10 heteroatoms. The lowest BCUT2D eigenvalue weighted by molar-refractivity contribution is -0.387. The molecular weight excluding hydrogens is 294 g/mol. The number of carbonyl (C=O) groups is 2. The molecule has 0 aliphatic rings. The van der Waals surface area contributed by atoms with Gasteiger partial charge in [0.05, 0.1) is 16.6 Å². The number of carboxylic acids is 1. The maximum Gasteiger partial charge on any atom is 0.332 e. The Morgan fingerprint density at radius 2 is 1.95 bits per heavy atom. The average molecular weight is 304 g/mol. The van der Waals surface area contributed by atoms with Crippen LogP contribution in [0.1, 0.15) is 16.8 Å². The molecule has 1 amide bonds. The monoisotopic (exact) mass is 304 g/mol. The highest BCUT2D eigenvalue weighted by atomic mass is 19.1. The van der Waals surface area contributed by atoms with E-state index in [9.17, 15) is 28.5 Å². The number of carbonyl (C=O) groups excluding carboxylic acids is 1. The molecule has 0 radical (unpaired) electrons. The Hall–Kier alpha value is -2.62. The molecule has 21 heavy (non-hydrogen) atoms. The molecule has 0 aromatic heterocycles. The molecule has 0 fully saturated rings. The van der Waals surface area contributed by atoms with Crippen LogP contribution in [0, 0.1) is 21.7 Å². The summed E-state index contributed by atoms with van der Waals surface area (Å²) in [4.78, 5) is 31.1. The van der Waals surface area contributed by atoms with Gasteiger partial charge in [-0.15, -0.1) is 0 Å². The first-order valence-electron chi connectivity index (χ1n) is 5.56. The van der Waals surface area contributed by atoms with E-state index in [-0.39, 0.29) is 19.0 Å². The number of carboxylic acid groups (broad SMARTS) is 1. The highest BCUT2D eigenvalue weighted by molar-refractivity contribution is 5.94. The van der Waals surface area contributed by atoms with Crippen LogP contribution in [-0.4, -0.2) is 39.7 Å². The number of aliphatic carboxylic acids is 1. The summed E-state index contributed by atoms with van der Waals surface area (Å²) in [5.74, 6) is -5.24. The zero-order valence-corrected chi connectivity index (χ0v) is 10.4. The summed E-state index contributed by atoms with van der Waals surface area (Å²) in [5, 5.41) is 29.8. The Morgan fingerprint density at radius 1 is 1.33 bits per heavy atom. The first-order chi connectivity index (χ1) is 9.73. The lowest BCUT2D eigenvalue weighted by atomic mass is 10.1. The van der Waals surface area contributed by atoms with Crippen LogP contribution in [0.15, 0.2) is 12.1 Å². The number of benzene rings is 1. The van der Waals surface area contributed by atoms with Crippen molar-refractivity contribution in [3.63, 3.8) is 0 Å². The number of hydrogen-bond donors (Lipinski definition) is 3. The van der Waals surface area contributed by atoms with Crippen LogP contribution in [0.4, 0.5) is 14.5 Å². The summed E-state index contributed by atoms with van der Waals surface area (Å²) in [5.41, 5.74) is -1.87. The van der Waals surface area contributed by atoms with Crippen LogP contribution in [0.2, 0.25) is 0 Å². The number of rotatable bonds is 6. The van der Waals surface area contributed by atoms with Gasteiger partial charge in [-0.1, -0.05) is 0 Å². The molecular formula is C11H10F2N2O6. The van der Waals surface area contributed by atoms with Gasteiger partial charge in [0.25, 0.3) is 5.91 Å². The second-order valence-electron chi connectivity index (χ2n) is 3.94. The van der Waals surface area contributed by atoms with E-state index >= 15 is 0 Å². The van der Waals surface area contributed by atoms with Crippen molar-refractivity contribution in [1.82, 2.24) is 5.32 Å². The maximum absolute atomic E-state index is 13.5. The van der Waals surface area contributed by atoms with Gasteiger partial charge in [0.1, 0.15) is 5.82 Å². The molecule has 0 spiro atoms. The van der Waals surface area contributed by atoms with E-state index in [1.165, 1.54) is 0 Å². The van der Waals surface area contributed by atoms with Crippen LogP contribution >= 0.6 is 0 Å². The lowest BCUT2D eigenvalue weighted by Gasteiger charge is -2.08. The number of halogens is 2. The third kappa shape index (κ3) is 4.18. The van der Waals surface area contributed by atoms with Crippen molar-refractivity contribution in [3.8, 4) is 0 Å². The van der Waals surface area contributed by atoms with Crippen molar-refractivity contribution in [1.29, 1.82) is 0 Å².